The summed E-state index contributed by atoms with van der Waals surface area (Å²) in [6, 6.07) is 22.4. The van der Waals surface area contributed by atoms with E-state index in [4.69, 9.17) is 24.7 Å². The van der Waals surface area contributed by atoms with Crippen molar-refractivity contribution in [1.29, 1.82) is 5.26 Å². The molecule has 3 aromatic rings. The van der Waals surface area contributed by atoms with Crippen molar-refractivity contribution in [2.24, 2.45) is 5.73 Å². The van der Waals surface area contributed by atoms with Gasteiger partial charge in [0.2, 0.25) is 5.88 Å². The fourth-order valence-corrected chi connectivity index (χ4v) is 4.12. The Bertz CT molecular complexity index is 1320. The van der Waals surface area contributed by atoms with E-state index in [1.807, 2.05) is 48.5 Å². The first-order chi connectivity index (χ1) is 18.0. The molecule has 1 atom stereocenters. The summed E-state index contributed by atoms with van der Waals surface area (Å²) in [6.07, 6.45) is 2.86. The largest absolute Gasteiger partial charge is 0.493 e. The molecule has 0 amide bonds. The number of fused-ring (bicyclic) bond motifs is 1. The van der Waals surface area contributed by atoms with Gasteiger partial charge in [0.15, 0.2) is 6.61 Å². The van der Waals surface area contributed by atoms with Crippen LogP contribution < -0.4 is 24.7 Å². The summed E-state index contributed by atoms with van der Waals surface area (Å²) in [5, 5.41) is 9.89. The molecule has 0 fully saturated rings. The third-order valence-electron chi connectivity index (χ3n) is 6.10. The van der Waals surface area contributed by atoms with Crippen molar-refractivity contribution in [3.8, 4) is 29.1 Å². The van der Waals surface area contributed by atoms with E-state index in [0.29, 0.717) is 29.4 Å². The van der Waals surface area contributed by atoms with Gasteiger partial charge in [0.1, 0.15) is 34.6 Å². The highest BCUT2D eigenvalue weighted by atomic mass is 16.6. The SMILES string of the molecule is CCCCOc1ccccc1C1C(C#N)=C(N)Oc2cc(OC(=O)COc3ccc(CC)cc3)ccc21. The van der Waals surface area contributed by atoms with Gasteiger partial charge in [-0.05, 0) is 42.7 Å². The average Bonchev–Trinajstić information content (AvgIpc) is 2.92. The summed E-state index contributed by atoms with van der Waals surface area (Å²) in [7, 11) is 0. The van der Waals surface area contributed by atoms with Gasteiger partial charge in [-0.2, -0.15) is 5.26 Å². The highest BCUT2D eigenvalue weighted by Gasteiger charge is 2.33. The van der Waals surface area contributed by atoms with Gasteiger partial charge in [-0.3, -0.25) is 0 Å². The number of hydrogen-bond acceptors (Lipinski definition) is 7. The lowest BCUT2D eigenvalue weighted by Gasteiger charge is -2.28. The monoisotopic (exact) mass is 498 g/mol. The van der Waals surface area contributed by atoms with Crippen molar-refractivity contribution in [2.75, 3.05) is 13.2 Å². The highest BCUT2D eigenvalue weighted by molar-refractivity contribution is 5.74. The number of ether oxygens (including phenoxy) is 4. The number of nitrogens with zero attached hydrogens (tertiary/aromatic N) is 1. The number of allylic oxidation sites excluding steroid dienone is 1. The second-order valence-corrected chi connectivity index (χ2v) is 8.62. The Balaban J connectivity index is 1.54. The molecule has 190 valence electrons. The number of nitriles is 1. The van der Waals surface area contributed by atoms with Gasteiger partial charge in [-0.25, -0.2) is 4.79 Å². The maximum absolute atomic E-state index is 12.4. The van der Waals surface area contributed by atoms with E-state index < -0.39 is 11.9 Å². The Morgan fingerprint density at radius 3 is 2.49 bits per heavy atom. The zero-order chi connectivity index (χ0) is 26.2. The number of nitrogens with two attached hydrogens (primary N) is 1. The third-order valence-corrected chi connectivity index (χ3v) is 6.10. The molecule has 37 heavy (non-hydrogen) atoms. The van der Waals surface area contributed by atoms with Crippen LogP contribution in [0.15, 0.2) is 78.2 Å². The number of carbonyl (C=O) groups excluding carboxylic acids is 1. The van der Waals surface area contributed by atoms with Crippen LogP contribution in [0.5, 0.6) is 23.0 Å². The predicted octanol–water partition coefficient (Wildman–Crippen LogP) is 5.63. The van der Waals surface area contributed by atoms with Crippen molar-refractivity contribution in [3.63, 3.8) is 0 Å². The van der Waals surface area contributed by atoms with Gasteiger partial charge >= 0.3 is 5.97 Å². The molecule has 0 radical (unpaired) electrons. The van der Waals surface area contributed by atoms with E-state index >= 15 is 0 Å². The second-order valence-electron chi connectivity index (χ2n) is 8.62. The first kappa shape index (κ1) is 25.6. The van der Waals surface area contributed by atoms with Crippen molar-refractivity contribution in [3.05, 3.63) is 94.9 Å². The summed E-state index contributed by atoms with van der Waals surface area (Å²) >= 11 is 0. The number of aryl methyl sites for hydroxylation is 1. The van der Waals surface area contributed by atoms with E-state index in [9.17, 15) is 10.1 Å². The Kier molecular flexibility index (Phi) is 8.32. The van der Waals surface area contributed by atoms with Gasteiger partial charge in [0, 0.05) is 17.2 Å². The summed E-state index contributed by atoms with van der Waals surface area (Å²) in [5.74, 6) is 0.945. The molecular weight excluding hydrogens is 468 g/mol. The lowest BCUT2D eigenvalue weighted by molar-refractivity contribution is -0.136. The Morgan fingerprint density at radius 2 is 1.76 bits per heavy atom. The van der Waals surface area contributed by atoms with Crippen molar-refractivity contribution >= 4 is 5.97 Å². The van der Waals surface area contributed by atoms with Gasteiger partial charge in [-0.15, -0.1) is 0 Å². The van der Waals surface area contributed by atoms with Crippen LogP contribution in [0, 0.1) is 11.3 Å². The number of benzene rings is 3. The van der Waals surface area contributed by atoms with Crippen LogP contribution in [0.1, 0.15) is 49.3 Å². The zero-order valence-electron chi connectivity index (χ0n) is 21.0. The van der Waals surface area contributed by atoms with E-state index in [-0.39, 0.29) is 18.2 Å². The molecule has 0 aliphatic carbocycles. The minimum atomic E-state index is -0.553. The van der Waals surface area contributed by atoms with Gasteiger partial charge in [-0.1, -0.05) is 56.7 Å². The number of para-hydroxylation sites is 1. The Hall–Kier alpha value is -4.44. The third kappa shape index (κ3) is 6.04. The molecule has 2 N–H and O–H groups in total. The van der Waals surface area contributed by atoms with Crippen molar-refractivity contribution in [1.82, 2.24) is 0 Å². The molecule has 1 aliphatic heterocycles. The minimum absolute atomic E-state index is 0.00528. The molecule has 3 aromatic carbocycles. The predicted molar refractivity (Wildman–Crippen MR) is 140 cm³/mol. The van der Waals surface area contributed by atoms with Crippen LogP contribution in [-0.4, -0.2) is 19.2 Å². The lowest BCUT2D eigenvalue weighted by atomic mass is 9.83. The molecule has 0 saturated carbocycles. The molecule has 1 unspecified atom stereocenters. The summed E-state index contributed by atoms with van der Waals surface area (Å²) < 4.78 is 22.8. The standard InChI is InChI=1S/C30H30N2O5/c1-3-5-16-34-26-9-7-6-8-23(26)29-24-15-14-22(17-27(24)37-30(32)25(29)18-31)36-28(33)19-35-21-12-10-20(4-2)11-13-21/h6-15,17,29H,3-5,16,19,32H2,1-2H3. The van der Waals surface area contributed by atoms with Crippen LogP contribution >= 0.6 is 0 Å². The lowest BCUT2D eigenvalue weighted by Crippen LogP contribution is -2.22. The molecular formula is C30H30N2O5. The first-order valence-electron chi connectivity index (χ1n) is 12.4. The average molecular weight is 499 g/mol. The minimum Gasteiger partial charge on any atom is -0.493 e. The van der Waals surface area contributed by atoms with Crippen LogP contribution in [0.3, 0.4) is 0 Å². The molecule has 0 spiro atoms. The molecule has 0 bridgehead atoms. The molecule has 7 nitrogen and oxygen atoms in total. The van der Waals surface area contributed by atoms with Crippen LogP contribution in [0.25, 0.3) is 0 Å². The fraction of sp³-hybridized carbons (Fsp3) is 0.267. The van der Waals surface area contributed by atoms with Crippen molar-refractivity contribution < 1.29 is 23.7 Å². The Morgan fingerprint density at radius 1 is 1.00 bits per heavy atom. The number of rotatable bonds is 10. The maximum atomic E-state index is 12.4. The van der Waals surface area contributed by atoms with Crippen molar-refractivity contribution in [2.45, 2.75) is 39.0 Å². The van der Waals surface area contributed by atoms with Gasteiger partial charge in [0.05, 0.1) is 12.5 Å². The maximum Gasteiger partial charge on any atom is 0.349 e. The smallest absolute Gasteiger partial charge is 0.349 e. The molecule has 4 rings (SSSR count). The number of hydrogen-bond donors (Lipinski definition) is 1. The van der Waals surface area contributed by atoms with Gasteiger partial charge in [0.25, 0.3) is 0 Å². The second kappa shape index (κ2) is 12.0. The number of carbonyl (C=O) groups is 1. The molecule has 1 heterocycles. The number of unbranched alkanes of at least 4 members (excludes halogenated alkanes) is 1. The molecule has 0 aromatic heterocycles. The molecule has 7 heteroatoms. The molecule has 0 saturated heterocycles. The highest BCUT2D eigenvalue weighted by Crippen LogP contribution is 2.45. The van der Waals surface area contributed by atoms with Crippen LogP contribution in [-0.2, 0) is 11.2 Å². The van der Waals surface area contributed by atoms with Crippen LogP contribution in [0.2, 0.25) is 0 Å². The van der Waals surface area contributed by atoms with E-state index in [1.54, 1.807) is 18.2 Å². The number of esters is 1. The summed E-state index contributed by atoms with van der Waals surface area (Å²) in [4.78, 5) is 12.4. The Labute approximate surface area is 217 Å². The molecule has 1 aliphatic rings. The first-order valence-corrected chi connectivity index (χ1v) is 12.4. The normalized spacial score (nSPS) is 14.2. The zero-order valence-corrected chi connectivity index (χ0v) is 21.0. The topological polar surface area (TPSA) is 104 Å². The summed E-state index contributed by atoms with van der Waals surface area (Å²) in [5.41, 5.74) is 9.18. The summed E-state index contributed by atoms with van der Waals surface area (Å²) in [6.45, 7) is 4.50. The van der Waals surface area contributed by atoms with E-state index in [0.717, 1.165) is 30.4 Å². The van der Waals surface area contributed by atoms with E-state index in [1.165, 1.54) is 5.56 Å². The quantitative estimate of drug-likeness (QED) is 0.219. The van der Waals surface area contributed by atoms with E-state index in [2.05, 4.69) is 19.9 Å². The fourth-order valence-electron chi connectivity index (χ4n) is 4.12. The van der Waals surface area contributed by atoms with Crippen LogP contribution in [0.4, 0.5) is 0 Å². The van der Waals surface area contributed by atoms with Gasteiger partial charge < -0.3 is 24.7 Å².